The zero-order valence-corrected chi connectivity index (χ0v) is 10.7. The van der Waals surface area contributed by atoms with Crippen LogP contribution in [0.15, 0.2) is 42.7 Å². The topological polar surface area (TPSA) is 50.1 Å². The van der Waals surface area contributed by atoms with Crippen LogP contribution < -0.4 is 5.32 Å². The molecule has 0 amide bonds. The molecule has 4 nitrogen and oxygen atoms in total. The van der Waals surface area contributed by atoms with Gasteiger partial charge >= 0.3 is 0 Å². The lowest BCUT2D eigenvalue weighted by Crippen LogP contribution is -2.25. The zero-order chi connectivity index (χ0) is 12.8. The van der Waals surface area contributed by atoms with Crippen LogP contribution in [0.2, 0.25) is 5.02 Å². The second-order valence-corrected chi connectivity index (χ2v) is 4.48. The molecule has 1 unspecified atom stereocenters. The number of aliphatic hydroxyl groups excluding tert-OH is 1. The van der Waals surface area contributed by atoms with Gasteiger partial charge in [-0.2, -0.15) is 5.10 Å². The number of benzene rings is 1. The number of nitrogens with one attached hydrogen (secondary N) is 1. The Labute approximate surface area is 111 Å². The van der Waals surface area contributed by atoms with Crippen LogP contribution in [-0.4, -0.2) is 28.0 Å². The highest BCUT2D eigenvalue weighted by molar-refractivity contribution is 6.30. The summed E-state index contributed by atoms with van der Waals surface area (Å²) in [6, 6.07) is 9.13. The highest BCUT2D eigenvalue weighted by atomic mass is 35.5. The first kappa shape index (κ1) is 13.1. The molecule has 0 saturated heterocycles. The molecule has 2 rings (SSSR count). The SMILES string of the molecule is OC(CNCCn1cccn1)c1ccc(Cl)cc1. The number of hydrogen-bond donors (Lipinski definition) is 2. The first-order chi connectivity index (χ1) is 8.75. The molecule has 0 bridgehead atoms. The van der Waals surface area contributed by atoms with Crippen LogP contribution in [0.5, 0.6) is 0 Å². The van der Waals surface area contributed by atoms with Crippen LogP contribution in [0, 0.1) is 0 Å². The lowest BCUT2D eigenvalue weighted by molar-refractivity contribution is 0.174. The minimum Gasteiger partial charge on any atom is -0.387 e. The van der Waals surface area contributed by atoms with Gasteiger partial charge in [0.05, 0.1) is 12.6 Å². The first-order valence-electron chi connectivity index (χ1n) is 5.87. The van der Waals surface area contributed by atoms with Gasteiger partial charge in [-0.25, -0.2) is 0 Å². The molecule has 0 saturated carbocycles. The third kappa shape index (κ3) is 3.84. The van der Waals surface area contributed by atoms with Crippen molar-refractivity contribution >= 4 is 11.6 Å². The zero-order valence-electron chi connectivity index (χ0n) is 9.96. The minimum absolute atomic E-state index is 0.514. The van der Waals surface area contributed by atoms with E-state index in [1.165, 1.54) is 0 Å². The molecule has 0 fully saturated rings. The van der Waals surface area contributed by atoms with Crippen molar-refractivity contribution in [3.05, 3.63) is 53.3 Å². The predicted molar refractivity (Wildman–Crippen MR) is 71.5 cm³/mol. The molecule has 96 valence electrons. The quantitative estimate of drug-likeness (QED) is 0.784. The molecule has 1 aromatic carbocycles. The van der Waals surface area contributed by atoms with Crippen LogP contribution in [0.3, 0.4) is 0 Å². The number of nitrogens with zero attached hydrogens (tertiary/aromatic N) is 2. The molecule has 2 aromatic rings. The number of aliphatic hydroxyl groups is 1. The lowest BCUT2D eigenvalue weighted by atomic mass is 10.1. The largest absolute Gasteiger partial charge is 0.387 e. The maximum absolute atomic E-state index is 9.94. The Kier molecular flexibility index (Phi) is 4.75. The van der Waals surface area contributed by atoms with Gasteiger partial charge in [-0.05, 0) is 23.8 Å². The maximum Gasteiger partial charge on any atom is 0.0914 e. The van der Waals surface area contributed by atoms with Crippen molar-refractivity contribution in [1.82, 2.24) is 15.1 Å². The van der Waals surface area contributed by atoms with Gasteiger partial charge in [0.1, 0.15) is 0 Å². The van der Waals surface area contributed by atoms with Gasteiger partial charge < -0.3 is 10.4 Å². The molecule has 2 N–H and O–H groups in total. The van der Waals surface area contributed by atoms with Crippen LogP contribution in [0.4, 0.5) is 0 Å². The van der Waals surface area contributed by atoms with E-state index in [-0.39, 0.29) is 0 Å². The first-order valence-corrected chi connectivity index (χ1v) is 6.25. The summed E-state index contributed by atoms with van der Waals surface area (Å²) in [6.07, 6.45) is 3.15. The number of aromatic nitrogens is 2. The fourth-order valence-corrected chi connectivity index (χ4v) is 1.79. The standard InChI is InChI=1S/C13H16ClN3O/c14-12-4-2-11(3-5-12)13(18)10-15-7-9-17-8-1-6-16-17/h1-6,8,13,15,18H,7,9-10H2. The van der Waals surface area contributed by atoms with E-state index in [1.807, 2.05) is 29.1 Å². The van der Waals surface area contributed by atoms with Crippen molar-refractivity contribution in [3.63, 3.8) is 0 Å². The fraction of sp³-hybridized carbons (Fsp3) is 0.308. The Balaban J connectivity index is 1.71. The Morgan fingerprint density at radius 2 is 2.11 bits per heavy atom. The van der Waals surface area contributed by atoms with Gasteiger partial charge in [0.25, 0.3) is 0 Å². The van der Waals surface area contributed by atoms with E-state index in [1.54, 1.807) is 18.3 Å². The summed E-state index contributed by atoms with van der Waals surface area (Å²) in [5.74, 6) is 0. The van der Waals surface area contributed by atoms with E-state index in [2.05, 4.69) is 10.4 Å². The van der Waals surface area contributed by atoms with E-state index >= 15 is 0 Å². The van der Waals surface area contributed by atoms with Crippen molar-refractivity contribution < 1.29 is 5.11 Å². The van der Waals surface area contributed by atoms with Crippen LogP contribution in [0.25, 0.3) is 0 Å². The smallest absolute Gasteiger partial charge is 0.0914 e. The Hall–Kier alpha value is -1.36. The fourth-order valence-electron chi connectivity index (χ4n) is 1.67. The molecule has 18 heavy (non-hydrogen) atoms. The summed E-state index contributed by atoms with van der Waals surface area (Å²) in [4.78, 5) is 0. The molecule has 1 heterocycles. The summed E-state index contributed by atoms with van der Waals surface area (Å²) < 4.78 is 1.85. The van der Waals surface area contributed by atoms with Crippen LogP contribution in [0.1, 0.15) is 11.7 Å². The van der Waals surface area contributed by atoms with E-state index in [4.69, 9.17) is 11.6 Å². The summed E-state index contributed by atoms with van der Waals surface area (Å²) in [5, 5.41) is 17.9. The summed E-state index contributed by atoms with van der Waals surface area (Å²) in [7, 11) is 0. The van der Waals surface area contributed by atoms with Crippen molar-refractivity contribution in [2.45, 2.75) is 12.6 Å². The molecule has 0 aliphatic heterocycles. The Bertz CT molecular complexity index is 456. The molecule has 1 aromatic heterocycles. The molecule has 0 aliphatic carbocycles. The van der Waals surface area contributed by atoms with E-state index in [0.717, 1.165) is 18.7 Å². The highest BCUT2D eigenvalue weighted by Gasteiger charge is 2.06. The van der Waals surface area contributed by atoms with Crippen molar-refractivity contribution in [3.8, 4) is 0 Å². The van der Waals surface area contributed by atoms with Gasteiger partial charge in [-0.15, -0.1) is 0 Å². The van der Waals surface area contributed by atoms with Crippen molar-refractivity contribution in [2.75, 3.05) is 13.1 Å². The second kappa shape index (κ2) is 6.54. The average molecular weight is 266 g/mol. The summed E-state index contributed by atoms with van der Waals surface area (Å²) >= 11 is 5.79. The van der Waals surface area contributed by atoms with Gasteiger partial charge in [-0.1, -0.05) is 23.7 Å². The number of hydrogen-bond acceptors (Lipinski definition) is 3. The van der Waals surface area contributed by atoms with Crippen LogP contribution >= 0.6 is 11.6 Å². The Morgan fingerprint density at radius 3 is 2.78 bits per heavy atom. The van der Waals surface area contributed by atoms with E-state index in [9.17, 15) is 5.11 Å². The number of rotatable bonds is 6. The van der Waals surface area contributed by atoms with Gasteiger partial charge in [0.2, 0.25) is 0 Å². The lowest BCUT2D eigenvalue weighted by Gasteiger charge is -2.12. The molecule has 0 radical (unpaired) electrons. The van der Waals surface area contributed by atoms with Gasteiger partial charge in [-0.3, -0.25) is 4.68 Å². The number of halogens is 1. The van der Waals surface area contributed by atoms with Crippen molar-refractivity contribution in [1.29, 1.82) is 0 Å². The maximum atomic E-state index is 9.94. The van der Waals surface area contributed by atoms with Crippen LogP contribution in [-0.2, 0) is 6.54 Å². The molecular weight excluding hydrogens is 250 g/mol. The minimum atomic E-state index is -0.514. The monoisotopic (exact) mass is 265 g/mol. The second-order valence-electron chi connectivity index (χ2n) is 4.04. The Morgan fingerprint density at radius 1 is 1.33 bits per heavy atom. The third-order valence-electron chi connectivity index (χ3n) is 2.67. The normalized spacial score (nSPS) is 12.6. The van der Waals surface area contributed by atoms with E-state index < -0.39 is 6.10 Å². The molecular formula is C13H16ClN3O. The molecule has 0 spiro atoms. The summed E-state index contributed by atoms with van der Waals surface area (Å²) in [6.45, 7) is 2.08. The predicted octanol–water partition coefficient (Wildman–Crippen LogP) is 1.86. The van der Waals surface area contributed by atoms with Crippen molar-refractivity contribution in [2.24, 2.45) is 0 Å². The third-order valence-corrected chi connectivity index (χ3v) is 2.92. The average Bonchev–Trinajstić information content (AvgIpc) is 2.88. The molecule has 0 aliphatic rings. The van der Waals surface area contributed by atoms with E-state index in [0.29, 0.717) is 11.6 Å². The highest BCUT2D eigenvalue weighted by Crippen LogP contribution is 2.15. The molecule has 1 atom stereocenters. The summed E-state index contributed by atoms with van der Waals surface area (Å²) in [5.41, 5.74) is 0.867. The van der Waals surface area contributed by atoms with Gasteiger partial charge in [0.15, 0.2) is 0 Å². The van der Waals surface area contributed by atoms with Gasteiger partial charge in [0, 0.05) is 30.5 Å². The molecule has 5 heteroatoms.